The fourth-order valence-electron chi connectivity index (χ4n) is 3.00. The molecule has 2 aromatic carbocycles. The largest absolute Gasteiger partial charge is 0.491 e. The first kappa shape index (κ1) is 28.2. The number of nitrogens with zero attached hydrogens (tertiary/aromatic N) is 3. The van der Waals surface area contributed by atoms with E-state index in [1.165, 1.54) is 6.92 Å². The van der Waals surface area contributed by atoms with Gasteiger partial charge in [-0.05, 0) is 46.8 Å². The third-order valence-electron chi connectivity index (χ3n) is 4.44. The topological polar surface area (TPSA) is 99.0 Å². The number of azo groups is 1. The number of carbonyl (C=O) groups excluding carboxylic acids is 2. The highest BCUT2D eigenvalue weighted by molar-refractivity contribution is 6.39. The van der Waals surface area contributed by atoms with Gasteiger partial charge in [-0.1, -0.05) is 11.6 Å². The number of anilines is 1. The lowest BCUT2D eigenvalue weighted by Gasteiger charge is -2.19. The molecule has 0 spiro atoms. The summed E-state index contributed by atoms with van der Waals surface area (Å²) in [7, 11) is 0. The smallest absolute Gasteiger partial charge is 0.276 e. The van der Waals surface area contributed by atoms with E-state index < -0.39 is 17.7 Å². The summed E-state index contributed by atoms with van der Waals surface area (Å²) in [6, 6.07) is 6.35. The highest BCUT2D eigenvalue weighted by Gasteiger charge is 2.30. The first-order chi connectivity index (χ1) is 16.8. The number of carbonyl (C=O) groups is 2. The first-order valence-corrected chi connectivity index (χ1v) is 11.9. The van der Waals surface area contributed by atoms with Gasteiger partial charge in [0.25, 0.3) is 5.91 Å². The van der Waals surface area contributed by atoms with E-state index in [1.54, 1.807) is 44.2 Å². The molecule has 1 unspecified atom stereocenters. The molecule has 2 rings (SSSR count). The van der Waals surface area contributed by atoms with Gasteiger partial charge in [0.1, 0.15) is 0 Å². The van der Waals surface area contributed by atoms with Gasteiger partial charge in [-0.2, -0.15) is 5.11 Å². The van der Waals surface area contributed by atoms with Gasteiger partial charge in [0.05, 0.1) is 32.1 Å². The van der Waals surface area contributed by atoms with Crippen LogP contribution in [0.5, 0.6) is 23.0 Å². The van der Waals surface area contributed by atoms with Gasteiger partial charge in [-0.25, -0.2) is 4.42 Å². The minimum Gasteiger partial charge on any atom is -0.491 e. The van der Waals surface area contributed by atoms with Crippen molar-refractivity contribution in [2.24, 2.45) is 10.2 Å². The Morgan fingerprint density at radius 3 is 1.89 bits per heavy atom. The van der Waals surface area contributed by atoms with E-state index >= 15 is 0 Å². The number of rotatable bonds is 13. The SMILES string of the molecule is CCOc1ccc(N(Cl)C(=O)C(N=Nc2c(OCC)cc(Cl)cc2OCC)C(C)=O)cc1OCC. The Hall–Kier alpha value is -3.04. The zero-order valence-corrected chi connectivity index (χ0v) is 21.9. The summed E-state index contributed by atoms with van der Waals surface area (Å²) in [6.45, 7) is 9.97. The monoisotopic (exact) mass is 525 g/mol. The van der Waals surface area contributed by atoms with Gasteiger partial charge in [0.15, 0.2) is 34.5 Å². The Morgan fingerprint density at radius 2 is 1.37 bits per heavy atom. The predicted molar refractivity (Wildman–Crippen MR) is 135 cm³/mol. The van der Waals surface area contributed by atoms with Crippen LogP contribution in [-0.2, 0) is 9.59 Å². The molecule has 0 saturated heterocycles. The van der Waals surface area contributed by atoms with Gasteiger partial charge in [0, 0.05) is 35.0 Å². The van der Waals surface area contributed by atoms with Crippen molar-refractivity contribution in [2.45, 2.75) is 40.7 Å². The molecule has 0 saturated carbocycles. The highest BCUT2D eigenvalue weighted by atomic mass is 35.5. The molecule has 1 atom stereocenters. The normalized spacial score (nSPS) is 11.7. The van der Waals surface area contributed by atoms with E-state index in [9.17, 15) is 9.59 Å². The lowest BCUT2D eigenvalue weighted by atomic mass is 10.2. The van der Waals surface area contributed by atoms with Gasteiger partial charge in [0.2, 0.25) is 6.04 Å². The molecule has 0 radical (unpaired) electrons. The Morgan fingerprint density at radius 1 is 0.857 bits per heavy atom. The fourth-order valence-corrected chi connectivity index (χ4v) is 3.39. The van der Waals surface area contributed by atoms with Crippen molar-refractivity contribution in [1.29, 1.82) is 0 Å². The van der Waals surface area contributed by atoms with Crippen molar-refractivity contribution in [1.82, 2.24) is 0 Å². The van der Waals surface area contributed by atoms with Gasteiger partial charge in [-0.15, -0.1) is 5.11 Å². The number of hydrogen-bond acceptors (Lipinski definition) is 8. The van der Waals surface area contributed by atoms with Crippen LogP contribution in [0, 0.1) is 0 Å². The van der Waals surface area contributed by atoms with E-state index in [4.69, 9.17) is 42.3 Å². The highest BCUT2D eigenvalue weighted by Crippen LogP contribution is 2.41. The summed E-state index contributed by atoms with van der Waals surface area (Å²) in [5.74, 6) is 0.183. The average molecular weight is 526 g/mol. The minimum absolute atomic E-state index is 0.206. The summed E-state index contributed by atoms with van der Waals surface area (Å²) >= 11 is 12.5. The summed E-state index contributed by atoms with van der Waals surface area (Å²) in [6.07, 6.45) is 0. The molecule has 1 amide bonds. The maximum atomic E-state index is 13.1. The van der Waals surface area contributed by atoms with Gasteiger partial charge >= 0.3 is 0 Å². The number of benzene rings is 2. The Balaban J connectivity index is 2.41. The molecule has 0 aliphatic rings. The lowest BCUT2D eigenvalue weighted by molar-refractivity contribution is -0.126. The maximum Gasteiger partial charge on any atom is 0.276 e. The second kappa shape index (κ2) is 13.7. The molecular weight excluding hydrogens is 497 g/mol. The molecule has 0 aliphatic heterocycles. The average Bonchev–Trinajstić information content (AvgIpc) is 2.81. The van der Waals surface area contributed by atoms with Gasteiger partial charge in [-0.3, -0.25) is 9.59 Å². The number of amides is 1. The molecule has 9 nitrogen and oxygen atoms in total. The molecule has 0 heterocycles. The zero-order chi connectivity index (χ0) is 26.0. The fraction of sp³-hybridized carbons (Fsp3) is 0.417. The Kier molecular flexibility index (Phi) is 11.1. The van der Waals surface area contributed by atoms with Crippen LogP contribution in [0.2, 0.25) is 5.02 Å². The minimum atomic E-state index is -1.51. The van der Waals surface area contributed by atoms with E-state index in [0.717, 1.165) is 4.42 Å². The van der Waals surface area contributed by atoms with Crippen LogP contribution < -0.4 is 23.4 Å². The lowest BCUT2D eigenvalue weighted by Crippen LogP contribution is -2.36. The number of halogens is 2. The van der Waals surface area contributed by atoms with Crippen LogP contribution in [0.1, 0.15) is 34.6 Å². The number of hydrogen-bond donors (Lipinski definition) is 0. The van der Waals surface area contributed by atoms with Crippen molar-refractivity contribution in [3.05, 3.63) is 35.4 Å². The van der Waals surface area contributed by atoms with E-state index in [0.29, 0.717) is 54.4 Å². The van der Waals surface area contributed by atoms with Crippen LogP contribution in [0.25, 0.3) is 0 Å². The summed E-state index contributed by atoms with van der Waals surface area (Å²) < 4.78 is 23.1. The standard InChI is InChI=1S/C24H29Cl2N3O6/c1-6-32-18-11-10-17(14-19(18)33-7-2)29(26)24(31)22(15(5)30)27-28-23-20(34-8-3)12-16(25)13-21(23)35-9-4/h10-14,22H,6-9H2,1-5H3. The summed E-state index contributed by atoms with van der Waals surface area (Å²) in [4.78, 5) is 25.5. The van der Waals surface area contributed by atoms with Crippen LogP contribution in [0.4, 0.5) is 11.4 Å². The zero-order valence-electron chi connectivity index (χ0n) is 20.3. The van der Waals surface area contributed by atoms with Gasteiger partial charge < -0.3 is 18.9 Å². The van der Waals surface area contributed by atoms with E-state index in [-0.39, 0.29) is 11.4 Å². The molecule has 0 N–H and O–H groups in total. The molecule has 35 heavy (non-hydrogen) atoms. The number of ketones is 1. The maximum absolute atomic E-state index is 13.1. The Labute approximate surface area is 215 Å². The summed E-state index contributed by atoms with van der Waals surface area (Å²) in [5, 5.41) is 8.51. The third-order valence-corrected chi connectivity index (χ3v) is 5.02. The van der Waals surface area contributed by atoms with Crippen LogP contribution in [0.3, 0.4) is 0 Å². The van der Waals surface area contributed by atoms with E-state index in [1.807, 2.05) is 13.8 Å². The molecule has 0 bridgehead atoms. The van der Waals surface area contributed by atoms with E-state index in [2.05, 4.69) is 10.2 Å². The van der Waals surface area contributed by atoms with Crippen molar-refractivity contribution in [2.75, 3.05) is 30.8 Å². The van der Waals surface area contributed by atoms with Crippen LogP contribution >= 0.6 is 23.4 Å². The molecule has 190 valence electrons. The van der Waals surface area contributed by atoms with Crippen molar-refractivity contribution in [3.63, 3.8) is 0 Å². The van der Waals surface area contributed by atoms with Crippen molar-refractivity contribution >= 4 is 46.4 Å². The molecule has 0 fully saturated rings. The quantitative estimate of drug-likeness (QED) is 0.176. The molecule has 2 aromatic rings. The molecule has 0 aromatic heterocycles. The molecular formula is C24H29Cl2N3O6. The van der Waals surface area contributed by atoms with Crippen LogP contribution in [-0.4, -0.2) is 44.2 Å². The second-order valence-electron chi connectivity index (χ2n) is 6.96. The molecule has 0 aliphatic carbocycles. The first-order valence-electron chi connectivity index (χ1n) is 11.2. The third kappa shape index (κ3) is 7.47. The molecule has 11 heteroatoms. The predicted octanol–water partition coefficient (Wildman–Crippen LogP) is 6.16. The van der Waals surface area contributed by atoms with Crippen molar-refractivity contribution in [3.8, 4) is 23.0 Å². The second-order valence-corrected chi connectivity index (χ2v) is 7.74. The van der Waals surface area contributed by atoms with Crippen LogP contribution in [0.15, 0.2) is 40.6 Å². The summed E-state index contributed by atoms with van der Waals surface area (Å²) in [5.41, 5.74) is 0.486. The number of Topliss-reactive ketones (excluding diaryl/α,β-unsaturated/α-hetero) is 1. The Bertz CT molecular complexity index is 1040. The number of ether oxygens (including phenoxy) is 4. The van der Waals surface area contributed by atoms with Crippen molar-refractivity contribution < 1.29 is 28.5 Å².